The van der Waals surface area contributed by atoms with E-state index in [4.69, 9.17) is 5.73 Å². The van der Waals surface area contributed by atoms with E-state index in [0.717, 1.165) is 24.0 Å². The third-order valence-electron chi connectivity index (χ3n) is 4.24. The number of fused-ring (bicyclic) bond motifs is 2. The van der Waals surface area contributed by atoms with Gasteiger partial charge in [-0.3, -0.25) is 4.79 Å². The van der Waals surface area contributed by atoms with Crippen molar-refractivity contribution < 1.29 is 4.79 Å². The van der Waals surface area contributed by atoms with Crippen molar-refractivity contribution in [3.8, 4) is 0 Å². The average molecular weight is 280 g/mol. The maximum Gasteiger partial charge on any atom is 0.265 e. The van der Waals surface area contributed by atoms with E-state index >= 15 is 0 Å². The number of nitrogen functional groups attached to an aromatic ring is 1. The Bertz CT molecular complexity index is 487. The highest BCUT2D eigenvalue weighted by atomic mass is 32.1. The molecule has 19 heavy (non-hydrogen) atoms. The summed E-state index contributed by atoms with van der Waals surface area (Å²) in [6.07, 6.45) is 5.02. The van der Waals surface area contributed by atoms with Crippen LogP contribution in [0, 0.1) is 11.8 Å². The molecule has 2 aliphatic rings. The van der Waals surface area contributed by atoms with Crippen LogP contribution < -0.4 is 16.4 Å². The molecular weight excluding hydrogens is 260 g/mol. The van der Waals surface area contributed by atoms with Crippen LogP contribution in [0.5, 0.6) is 0 Å². The minimum atomic E-state index is -0.0586. The number of nitrogens with one attached hydrogen (secondary N) is 2. The largest absolute Gasteiger partial charge is 0.382 e. The number of nitrogens with zero attached hydrogens (tertiary/aromatic N) is 1. The molecule has 3 unspecified atom stereocenters. The first kappa shape index (κ1) is 12.7. The lowest BCUT2D eigenvalue weighted by Gasteiger charge is -2.22. The number of thiazole rings is 1. The van der Waals surface area contributed by atoms with E-state index in [0.29, 0.717) is 22.7 Å². The summed E-state index contributed by atoms with van der Waals surface area (Å²) in [5.74, 6) is 1.78. The summed E-state index contributed by atoms with van der Waals surface area (Å²) in [6.45, 7) is 2.77. The molecule has 1 amide bonds. The SMILES string of the molecule is CCNc1nc(N)c(C(=O)NC2CC3CCC2C3)s1. The molecule has 1 aromatic heterocycles. The monoisotopic (exact) mass is 280 g/mol. The Balaban J connectivity index is 1.67. The molecule has 2 fully saturated rings. The van der Waals surface area contributed by atoms with Gasteiger partial charge in [-0.2, -0.15) is 0 Å². The summed E-state index contributed by atoms with van der Waals surface area (Å²) in [4.78, 5) is 17.0. The van der Waals surface area contributed by atoms with Crippen LogP contribution in [0.4, 0.5) is 10.9 Å². The molecule has 5 nitrogen and oxygen atoms in total. The van der Waals surface area contributed by atoms with Crippen molar-refractivity contribution >= 4 is 28.2 Å². The highest BCUT2D eigenvalue weighted by Gasteiger charge is 2.40. The second-order valence-electron chi connectivity index (χ2n) is 5.52. The molecule has 104 valence electrons. The molecule has 0 radical (unpaired) electrons. The zero-order valence-corrected chi connectivity index (χ0v) is 11.9. The molecule has 4 N–H and O–H groups in total. The van der Waals surface area contributed by atoms with Crippen LogP contribution in [0.1, 0.15) is 42.3 Å². The Kier molecular flexibility index (Phi) is 3.35. The van der Waals surface area contributed by atoms with Gasteiger partial charge in [0.2, 0.25) is 0 Å². The molecule has 1 heterocycles. The Morgan fingerprint density at radius 1 is 1.47 bits per heavy atom. The van der Waals surface area contributed by atoms with E-state index in [1.165, 1.54) is 30.6 Å². The van der Waals surface area contributed by atoms with Crippen molar-refractivity contribution in [1.82, 2.24) is 10.3 Å². The van der Waals surface area contributed by atoms with E-state index in [9.17, 15) is 4.79 Å². The standard InChI is InChI=1S/C13H20N4OS/c1-2-15-13-17-11(14)10(19-13)12(18)16-9-6-7-3-4-8(9)5-7/h7-9H,2-6,14H2,1H3,(H,15,17)(H,16,18). The molecule has 1 aromatic rings. The topological polar surface area (TPSA) is 80.0 Å². The van der Waals surface area contributed by atoms with Crippen molar-refractivity contribution in [3.63, 3.8) is 0 Å². The molecule has 6 heteroatoms. The lowest BCUT2D eigenvalue weighted by atomic mass is 9.95. The molecule has 3 atom stereocenters. The molecule has 2 saturated carbocycles. The van der Waals surface area contributed by atoms with Crippen molar-refractivity contribution in [2.75, 3.05) is 17.6 Å². The summed E-state index contributed by atoms with van der Waals surface area (Å²) < 4.78 is 0. The fourth-order valence-electron chi connectivity index (χ4n) is 3.38. The third kappa shape index (κ3) is 2.41. The summed E-state index contributed by atoms with van der Waals surface area (Å²) in [5.41, 5.74) is 5.82. The van der Waals surface area contributed by atoms with Gasteiger partial charge in [-0.25, -0.2) is 4.98 Å². The van der Waals surface area contributed by atoms with E-state index in [2.05, 4.69) is 15.6 Å². The molecule has 2 bridgehead atoms. The highest BCUT2D eigenvalue weighted by molar-refractivity contribution is 7.18. The first-order valence-electron chi connectivity index (χ1n) is 6.98. The Morgan fingerprint density at radius 3 is 2.95 bits per heavy atom. The Hall–Kier alpha value is -1.30. The van der Waals surface area contributed by atoms with Crippen LogP contribution in [0.15, 0.2) is 0 Å². The Morgan fingerprint density at radius 2 is 2.32 bits per heavy atom. The molecule has 0 spiro atoms. The number of hydrogen-bond donors (Lipinski definition) is 3. The fourth-order valence-corrected chi connectivity index (χ4v) is 4.23. The number of nitrogens with two attached hydrogens (primary N) is 1. The first-order valence-corrected chi connectivity index (χ1v) is 7.80. The number of amides is 1. The van der Waals surface area contributed by atoms with E-state index in [1.54, 1.807) is 0 Å². The van der Waals surface area contributed by atoms with Gasteiger partial charge < -0.3 is 16.4 Å². The normalized spacial score (nSPS) is 28.6. The quantitative estimate of drug-likeness (QED) is 0.789. The molecule has 2 aliphatic carbocycles. The number of hydrogen-bond acceptors (Lipinski definition) is 5. The maximum atomic E-state index is 12.3. The Labute approximate surface area is 117 Å². The summed E-state index contributed by atoms with van der Waals surface area (Å²) in [6, 6.07) is 0.343. The lowest BCUT2D eigenvalue weighted by molar-refractivity contribution is 0.0928. The summed E-state index contributed by atoms with van der Waals surface area (Å²) in [5, 5.41) is 6.96. The molecule has 3 rings (SSSR count). The minimum absolute atomic E-state index is 0.0586. The van der Waals surface area contributed by atoms with Gasteiger partial charge in [-0.05, 0) is 38.0 Å². The predicted octanol–water partition coefficient (Wildman–Crippen LogP) is 2.08. The predicted molar refractivity (Wildman–Crippen MR) is 77.4 cm³/mol. The summed E-state index contributed by atoms with van der Waals surface area (Å²) >= 11 is 1.34. The lowest BCUT2D eigenvalue weighted by Crippen LogP contribution is -2.38. The third-order valence-corrected chi connectivity index (χ3v) is 5.27. The molecule has 0 aromatic carbocycles. The van der Waals surface area contributed by atoms with E-state index in [1.807, 2.05) is 6.92 Å². The van der Waals surface area contributed by atoms with Gasteiger partial charge in [-0.15, -0.1) is 0 Å². The van der Waals surface area contributed by atoms with Crippen molar-refractivity contribution in [3.05, 3.63) is 4.88 Å². The maximum absolute atomic E-state index is 12.3. The van der Waals surface area contributed by atoms with Crippen molar-refractivity contribution in [2.24, 2.45) is 11.8 Å². The second-order valence-corrected chi connectivity index (χ2v) is 6.52. The van der Waals surface area contributed by atoms with Crippen LogP contribution in [0.3, 0.4) is 0 Å². The fraction of sp³-hybridized carbons (Fsp3) is 0.692. The minimum Gasteiger partial charge on any atom is -0.382 e. The van der Waals surface area contributed by atoms with Gasteiger partial charge in [0, 0.05) is 12.6 Å². The molecular formula is C13H20N4OS. The molecule has 0 saturated heterocycles. The zero-order chi connectivity index (χ0) is 13.4. The van der Waals surface area contributed by atoms with Gasteiger partial charge in [0.1, 0.15) is 10.7 Å². The van der Waals surface area contributed by atoms with Gasteiger partial charge in [0.25, 0.3) is 5.91 Å². The van der Waals surface area contributed by atoms with Gasteiger partial charge in [0.15, 0.2) is 5.13 Å². The van der Waals surface area contributed by atoms with Gasteiger partial charge in [0.05, 0.1) is 0 Å². The smallest absolute Gasteiger partial charge is 0.265 e. The number of aromatic nitrogens is 1. The van der Waals surface area contributed by atoms with Crippen LogP contribution in [-0.2, 0) is 0 Å². The van der Waals surface area contributed by atoms with Crippen molar-refractivity contribution in [2.45, 2.75) is 38.6 Å². The van der Waals surface area contributed by atoms with E-state index in [-0.39, 0.29) is 5.91 Å². The highest BCUT2D eigenvalue weighted by Crippen LogP contribution is 2.44. The molecule has 0 aliphatic heterocycles. The van der Waals surface area contributed by atoms with Gasteiger partial charge >= 0.3 is 0 Å². The van der Waals surface area contributed by atoms with Crippen LogP contribution in [-0.4, -0.2) is 23.5 Å². The van der Waals surface area contributed by atoms with Gasteiger partial charge in [-0.1, -0.05) is 17.8 Å². The average Bonchev–Trinajstić information content (AvgIpc) is 3.05. The first-order chi connectivity index (χ1) is 9.17. The number of rotatable bonds is 4. The summed E-state index contributed by atoms with van der Waals surface area (Å²) in [7, 11) is 0. The van der Waals surface area contributed by atoms with E-state index < -0.39 is 0 Å². The van der Waals surface area contributed by atoms with Crippen LogP contribution >= 0.6 is 11.3 Å². The van der Waals surface area contributed by atoms with Crippen LogP contribution in [0.25, 0.3) is 0 Å². The number of anilines is 2. The number of carbonyl (C=O) groups is 1. The second kappa shape index (κ2) is 5.00. The number of carbonyl (C=O) groups excluding carboxylic acids is 1. The zero-order valence-electron chi connectivity index (χ0n) is 11.1. The van der Waals surface area contributed by atoms with Crippen LogP contribution in [0.2, 0.25) is 0 Å². The van der Waals surface area contributed by atoms with Crippen molar-refractivity contribution in [1.29, 1.82) is 0 Å².